The maximum atomic E-state index is 13.6. The lowest BCUT2D eigenvalue weighted by molar-refractivity contribution is 0.310. The van der Waals surface area contributed by atoms with Crippen molar-refractivity contribution in [1.82, 2.24) is 0 Å². The van der Waals surface area contributed by atoms with E-state index in [-0.39, 0.29) is 10.8 Å². The van der Waals surface area contributed by atoms with E-state index in [1.54, 1.807) is 12.1 Å². The molecule has 3 aromatic rings. The molecule has 0 nitrogen and oxygen atoms in total. The minimum absolute atomic E-state index is 0.213. The molecule has 3 aromatic carbocycles. The summed E-state index contributed by atoms with van der Waals surface area (Å²) in [6.07, 6.45) is 8.24. The Bertz CT molecular complexity index is 956. The molecule has 162 valence electrons. The summed E-state index contributed by atoms with van der Waals surface area (Å²) in [4.78, 5) is 0. The van der Waals surface area contributed by atoms with Crippen LogP contribution in [0.5, 0.6) is 0 Å². The third-order valence-electron chi connectivity index (χ3n) is 7.03. The Kier molecular flexibility index (Phi) is 7.45. The Morgan fingerprint density at radius 1 is 0.871 bits per heavy atom. The summed E-state index contributed by atoms with van der Waals surface area (Å²) in [6.45, 7) is 2.31. The average molecular weight is 435 g/mol. The van der Waals surface area contributed by atoms with Crippen molar-refractivity contribution in [2.24, 2.45) is 5.92 Å². The Labute approximate surface area is 191 Å². The SMILES string of the molecule is C[C@H](Cc1ccc(C2CCC(CCc3ccc(Cl)c(F)c3)CC2)cc1)c1ccccc1. The number of benzene rings is 3. The van der Waals surface area contributed by atoms with Crippen LogP contribution in [0, 0.1) is 11.7 Å². The Morgan fingerprint density at radius 3 is 2.23 bits per heavy atom. The Morgan fingerprint density at radius 2 is 1.55 bits per heavy atom. The average Bonchev–Trinajstić information content (AvgIpc) is 2.81. The summed E-state index contributed by atoms with van der Waals surface area (Å²) in [5.41, 5.74) is 5.38. The smallest absolute Gasteiger partial charge is 0.142 e. The van der Waals surface area contributed by atoms with Gasteiger partial charge in [-0.15, -0.1) is 0 Å². The maximum absolute atomic E-state index is 13.6. The first kappa shape index (κ1) is 22.1. The summed E-state index contributed by atoms with van der Waals surface area (Å²) < 4.78 is 13.6. The molecule has 0 N–H and O–H groups in total. The maximum Gasteiger partial charge on any atom is 0.142 e. The molecule has 0 bridgehead atoms. The van der Waals surface area contributed by atoms with Crippen LogP contribution in [0.3, 0.4) is 0 Å². The standard InChI is InChI=1S/C29H32ClF/c1-21(25-5-3-2-4-6-25)19-23-11-16-27(17-12-23)26-14-9-22(10-15-26)7-8-24-13-18-28(30)29(31)20-24/h2-6,11-13,16-18,20-22,26H,7-10,14-15,19H2,1H3/t21-,22?,26?/m1/s1. The summed E-state index contributed by atoms with van der Waals surface area (Å²) in [5.74, 6) is 1.67. The number of aryl methyl sites for hydroxylation is 1. The Balaban J connectivity index is 1.25. The van der Waals surface area contributed by atoms with Gasteiger partial charge in [-0.25, -0.2) is 4.39 Å². The van der Waals surface area contributed by atoms with E-state index in [4.69, 9.17) is 11.6 Å². The van der Waals surface area contributed by atoms with Gasteiger partial charge in [0.1, 0.15) is 5.82 Å². The van der Waals surface area contributed by atoms with Crippen LogP contribution >= 0.6 is 11.6 Å². The third-order valence-corrected chi connectivity index (χ3v) is 7.34. The zero-order valence-electron chi connectivity index (χ0n) is 18.4. The fourth-order valence-corrected chi connectivity index (χ4v) is 5.15. The van der Waals surface area contributed by atoms with Gasteiger partial charge in [0.25, 0.3) is 0 Å². The summed E-state index contributed by atoms with van der Waals surface area (Å²) in [6, 6.07) is 25.4. The highest BCUT2D eigenvalue weighted by Gasteiger charge is 2.22. The van der Waals surface area contributed by atoms with Crippen LogP contribution < -0.4 is 0 Å². The van der Waals surface area contributed by atoms with E-state index in [1.165, 1.54) is 42.4 Å². The largest absolute Gasteiger partial charge is 0.205 e. The fourth-order valence-electron chi connectivity index (χ4n) is 5.03. The van der Waals surface area contributed by atoms with E-state index >= 15 is 0 Å². The molecule has 0 aromatic heterocycles. The molecule has 31 heavy (non-hydrogen) atoms. The summed E-state index contributed by atoms with van der Waals surface area (Å²) in [7, 11) is 0. The van der Waals surface area contributed by atoms with E-state index in [1.807, 2.05) is 6.07 Å². The molecule has 0 heterocycles. The third kappa shape index (κ3) is 5.98. The van der Waals surface area contributed by atoms with Gasteiger partial charge in [-0.1, -0.05) is 79.2 Å². The van der Waals surface area contributed by atoms with Gasteiger partial charge in [-0.05, 0) is 97.1 Å². The molecule has 1 atom stereocenters. The Hall–Kier alpha value is -2.12. The van der Waals surface area contributed by atoms with Gasteiger partial charge in [0, 0.05) is 0 Å². The molecule has 1 aliphatic carbocycles. The molecule has 1 aliphatic rings. The van der Waals surface area contributed by atoms with Crippen LogP contribution in [0.15, 0.2) is 72.8 Å². The molecular formula is C29H32ClF. The van der Waals surface area contributed by atoms with Crippen LogP contribution in [0.1, 0.15) is 73.1 Å². The van der Waals surface area contributed by atoms with Gasteiger partial charge in [-0.3, -0.25) is 0 Å². The second-order valence-electron chi connectivity index (χ2n) is 9.26. The van der Waals surface area contributed by atoms with Crippen molar-refractivity contribution in [1.29, 1.82) is 0 Å². The molecule has 1 fully saturated rings. The van der Waals surface area contributed by atoms with Gasteiger partial charge < -0.3 is 0 Å². The van der Waals surface area contributed by atoms with Crippen molar-refractivity contribution in [3.05, 3.63) is 106 Å². The normalized spacial score (nSPS) is 19.8. The lowest BCUT2D eigenvalue weighted by Crippen LogP contribution is -2.14. The predicted octanol–water partition coefficient (Wildman–Crippen LogP) is 8.73. The van der Waals surface area contributed by atoms with Gasteiger partial charge in [0.15, 0.2) is 0 Å². The number of halogens is 2. The highest BCUT2D eigenvalue weighted by molar-refractivity contribution is 6.30. The first-order valence-electron chi connectivity index (χ1n) is 11.7. The van der Waals surface area contributed by atoms with Gasteiger partial charge in [0.05, 0.1) is 5.02 Å². The second kappa shape index (κ2) is 10.5. The highest BCUT2D eigenvalue weighted by Crippen LogP contribution is 2.38. The second-order valence-corrected chi connectivity index (χ2v) is 9.67. The van der Waals surface area contributed by atoms with Crippen molar-refractivity contribution in [2.75, 3.05) is 0 Å². The lowest BCUT2D eigenvalue weighted by atomic mass is 9.76. The summed E-state index contributed by atoms with van der Waals surface area (Å²) in [5, 5.41) is 0.213. The lowest BCUT2D eigenvalue weighted by Gasteiger charge is -2.29. The van der Waals surface area contributed by atoms with Gasteiger partial charge in [-0.2, -0.15) is 0 Å². The molecule has 0 aliphatic heterocycles. The molecule has 0 spiro atoms. The predicted molar refractivity (Wildman–Crippen MR) is 129 cm³/mol. The molecule has 1 saturated carbocycles. The van der Waals surface area contributed by atoms with Crippen LogP contribution in [0.2, 0.25) is 5.02 Å². The van der Waals surface area contributed by atoms with Crippen molar-refractivity contribution >= 4 is 11.6 Å². The molecule has 0 unspecified atom stereocenters. The topological polar surface area (TPSA) is 0 Å². The number of hydrogen-bond acceptors (Lipinski definition) is 0. The zero-order chi connectivity index (χ0) is 21.6. The van der Waals surface area contributed by atoms with Gasteiger partial charge in [0.2, 0.25) is 0 Å². The first-order valence-corrected chi connectivity index (χ1v) is 12.0. The number of hydrogen-bond donors (Lipinski definition) is 0. The molecule has 0 amide bonds. The quantitative estimate of drug-likeness (QED) is 0.348. The van der Waals surface area contributed by atoms with E-state index in [2.05, 4.69) is 61.5 Å². The number of rotatable bonds is 7. The molecule has 2 heteroatoms. The van der Waals surface area contributed by atoms with Crippen molar-refractivity contribution < 1.29 is 4.39 Å². The molecule has 0 saturated heterocycles. The van der Waals surface area contributed by atoms with Crippen LogP contribution in [-0.4, -0.2) is 0 Å². The van der Waals surface area contributed by atoms with E-state index in [0.29, 0.717) is 11.8 Å². The molecule has 4 rings (SSSR count). The molecule has 0 radical (unpaired) electrons. The van der Waals surface area contributed by atoms with Crippen molar-refractivity contribution in [3.8, 4) is 0 Å². The summed E-state index contributed by atoms with van der Waals surface area (Å²) >= 11 is 5.79. The van der Waals surface area contributed by atoms with E-state index in [9.17, 15) is 4.39 Å². The van der Waals surface area contributed by atoms with Crippen molar-refractivity contribution in [3.63, 3.8) is 0 Å². The monoisotopic (exact) mass is 434 g/mol. The minimum atomic E-state index is -0.301. The van der Waals surface area contributed by atoms with Crippen LogP contribution in [-0.2, 0) is 12.8 Å². The molecular weight excluding hydrogens is 403 g/mol. The van der Waals surface area contributed by atoms with E-state index < -0.39 is 0 Å². The fraction of sp³-hybridized carbons (Fsp3) is 0.379. The first-order chi connectivity index (χ1) is 15.1. The van der Waals surface area contributed by atoms with Gasteiger partial charge >= 0.3 is 0 Å². The van der Waals surface area contributed by atoms with Crippen LogP contribution in [0.25, 0.3) is 0 Å². The van der Waals surface area contributed by atoms with Crippen molar-refractivity contribution in [2.45, 2.75) is 63.7 Å². The highest BCUT2D eigenvalue weighted by atomic mass is 35.5. The zero-order valence-corrected chi connectivity index (χ0v) is 19.1. The van der Waals surface area contributed by atoms with E-state index in [0.717, 1.165) is 30.7 Å². The van der Waals surface area contributed by atoms with Crippen LogP contribution in [0.4, 0.5) is 4.39 Å². The minimum Gasteiger partial charge on any atom is -0.205 e.